The number of unbranched alkanes of at least 4 members (excludes halogenated alkanes) is 42. The van der Waals surface area contributed by atoms with Gasteiger partial charge < -0.3 is 14.2 Å². The number of hydrogen-bond acceptors (Lipinski definition) is 6. The number of rotatable bonds is 59. The average Bonchev–Trinajstić information content (AvgIpc) is 3.38. The van der Waals surface area contributed by atoms with Gasteiger partial charge in [-0.15, -0.1) is 0 Å². The van der Waals surface area contributed by atoms with E-state index in [1.165, 1.54) is 225 Å². The van der Waals surface area contributed by atoms with Crippen molar-refractivity contribution in [3.63, 3.8) is 0 Å². The van der Waals surface area contributed by atoms with Crippen molar-refractivity contribution in [3.8, 4) is 0 Å². The number of hydrogen-bond donors (Lipinski definition) is 0. The van der Waals surface area contributed by atoms with E-state index < -0.39 is 6.10 Å². The predicted molar refractivity (Wildman–Crippen MR) is 312 cm³/mol. The van der Waals surface area contributed by atoms with Crippen molar-refractivity contribution < 1.29 is 28.6 Å². The molecule has 0 radical (unpaired) electrons. The van der Waals surface area contributed by atoms with Crippen LogP contribution in [0.15, 0.2) is 36.5 Å². The van der Waals surface area contributed by atoms with Crippen LogP contribution in [0.1, 0.15) is 348 Å². The molecule has 0 bridgehead atoms. The molecular weight excluding hydrogens is 889 g/mol. The Hall–Kier alpha value is -2.37. The van der Waals surface area contributed by atoms with Crippen LogP contribution >= 0.6 is 0 Å². The molecule has 0 amide bonds. The van der Waals surface area contributed by atoms with Crippen LogP contribution in [0.2, 0.25) is 0 Å². The molecule has 6 heteroatoms. The summed E-state index contributed by atoms with van der Waals surface area (Å²) in [6.07, 6.45) is 74.6. The second-order valence-corrected chi connectivity index (χ2v) is 21.7. The Balaban J connectivity index is 4.17. The monoisotopic (exact) mass is 1010 g/mol. The zero-order chi connectivity index (χ0) is 52.2. The molecule has 0 aromatic carbocycles. The number of esters is 3. The van der Waals surface area contributed by atoms with Gasteiger partial charge in [0.1, 0.15) is 13.2 Å². The number of allylic oxidation sites excluding steroid dienone is 6. The largest absolute Gasteiger partial charge is 0.462 e. The van der Waals surface area contributed by atoms with Gasteiger partial charge in [-0.1, -0.05) is 295 Å². The third kappa shape index (κ3) is 58.5. The molecule has 72 heavy (non-hydrogen) atoms. The summed E-state index contributed by atoms with van der Waals surface area (Å²) in [6.45, 7) is 6.60. The number of carbonyl (C=O) groups excluding carboxylic acids is 3. The molecule has 6 nitrogen and oxygen atoms in total. The highest BCUT2D eigenvalue weighted by Crippen LogP contribution is 2.18. The minimum absolute atomic E-state index is 0.0744. The van der Waals surface area contributed by atoms with Crippen LogP contribution in [0.3, 0.4) is 0 Å². The summed E-state index contributed by atoms with van der Waals surface area (Å²) in [7, 11) is 0. The Labute approximate surface area is 448 Å². The Morgan fingerprint density at radius 2 is 0.528 bits per heavy atom. The Morgan fingerprint density at radius 3 is 0.847 bits per heavy atom. The van der Waals surface area contributed by atoms with Gasteiger partial charge in [-0.05, 0) is 70.6 Å². The van der Waals surface area contributed by atoms with E-state index in [1.807, 2.05) is 0 Å². The first-order valence-corrected chi connectivity index (χ1v) is 32.0. The molecule has 0 fully saturated rings. The van der Waals surface area contributed by atoms with Gasteiger partial charge in [-0.2, -0.15) is 0 Å². The van der Waals surface area contributed by atoms with E-state index in [9.17, 15) is 14.4 Å². The molecule has 0 rings (SSSR count). The molecule has 422 valence electrons. The number of ether oxygens (including phenoxy) is 3. The van der Waals surface area contributed by atoms with Crippen LogP contribution in [-0.4, -0.2) is 37.2 Å². The zero-order valence-electron chi connectivity index (χ0n) is 48.5. The van der Waals surface area contributed by atoms with Crippen molar-refractivity contribution in [3.05, 3.63) is 36.5 Å². The van der Waals surface area contributed by atoms with E-state index in [0.29, 0.717) is 19.3 Å². The van der Waals surface area contributed by atoms with Crippen LogP contribution in [0, 0.1) is 0 Å². The van der Waals surface area contributed by atoms with Crippen LogP contribution in [0.4, 0.5) is 0 Å². The molecule has 0 saturated heterocycles. The molecular formula is C66H122O6. The molecule has 0 aliphatic heterocycles. The van der Waals surface area contributed by atoms with E-state index in [1.54, 1.807) is 0 Å². The third-order valence-electron chi connectivity index (χ3n) is 14.3. The van der Waals surface area contributed by atoms with E-state index in [0.717, 1.165) is 83.5 Å². The van der Waals surface area contributed by atoms with Gasteiger partial charge in [-0.25, -0.2) is 0 Å². The van der Waals surface area contributed by atoms with Gasteiger partial charge in [0.15, 0.2) is 6.10 Å². The molecule has 1 atom stereocenters. The highest BCUT2D eigenvalue weighted by molar-refractivity contribution is 5.71. The molecule has 0 aliphatic carbocycles. The van der Waals surface area contributed by atoms with Gasteiger partial charge in [0.25, 0.3) is 0 Å². The first-order valence-electron chi connectivity index (χ1n) is 32.0. The fraction of sp³-hybridized carbons (Fsp3) is 0.864. The maximum Gasteiger partial charge on any atom is 0.306 e. The first-order chi connectivity index (χ1) is 35.5. The molecule has 0 saturated carbocycles. The SMILES string of the molecule is CCC/C=C\CCCCCCCC(=O)OCC(COC(=O)CCCCCCCCCCCCCCCCCCCCCCCCCCCC)OC(=O)CCCCCCCCC/C=C\C/C=C\CCCCCC. The van der Waals surface area contributed by atoms with Crippen molar-refractivity contribution in [2.24, 2.45) is 0 Å². The van der Waals surface area contributed by atoms with Crippen molar-refractivity contribution in [2.45, 2.75) is 354 Å². The van der Waals surface area contributed by atoms with E-state index >= 15 is 0 Å². The zero-order valence-corrected chi connectivity index (χ0v) is 48.5. The molecule has 1 unspecified atom stereocenters. The third-order valence-corrected chi connectivity index (χ3v) is 14.3. The highest BCUT2D eigenvalue weighted by Gasteiger charge is 2.19. The molecule has 0 spiro atoms. The molecule has 0 aromatic rings. The summed E-state index contributed by atoms with van der Waals surface area (Å²) in [5.74, 6) is -0.874. The van der Waals surface area contributed by atoms with Gasteiger partial charge >= 0.3 is 17.9 Å². The molecule has 0 aliphatic rings. The fourth-order valence-electron chi connectivity index (χ4n) is 9.54. The summed E-state index contributed by atoms with van der Waals surface area (Å²) in [5, 5.41) is 0. The second kappa shape index (κ2) is 61.2. The topological polar surface area (TPSA) is 78.9 Å². The lowest BCUT2D eigenvalue weighted by atomic mass is 10.0. The van der Waals surface area contributed by atoms with Gasteiger partial charge in [-0.3, -0.25) is 14.4 Å². The van der Waals surface area contributed by atoms with Crippen molar-refractivity contribution in [1.82, 2.24) is 0 Å². The lowest BCUT2D eigenvalue weighted by Gasteiger charge is -2.18. The lowest BCUT2D eigenvalue weighted by molar-refractivity contribution is -0.167. The van der Waals surface area contributed by atoms with Gasteiger partial charge in [0.05, 0.1) is 0 Å². The van der Waals surface area contributed by atoms with E-state index in [4.69, 9.17) is 14.2 Å². The minimum atomic E-state index is -0.777. The van der Waals surface area contributed by atoms with Crippen molar-refractivity contribution in [1.29, 1.82) is 0 Å². The maximum atomic E-state index is 12.9. The minimum Gasteiger partial charge on any atom is -0.462 e. The van der Waals surface area contributed by atoms with Crippen LogP contribution in [-0.2, 0) is 28.6 Å². The maximum absolute atomic E-state index is 12.9. The standard InChI is InChI=1S/C66H122O6/c1-4-7-10-13-16-19-22-24-26-28-30-31-32-33-34-35-36-37-39-40-42-44-47-50-53-56-59-65(68)71-62-63(61-70-64(67)58-55-52-49-46-21-18-15-12-9-6-3)72-66(69)60-57-54-51-48-45-43-41-38-29-27-25-23-20-17-14-11-8-5-2/h12,15,20,23,27,29,63H,4-11,13-14,16-19,21-22,24-26,28,30-62H2,1-3H3/b15-12-,23-20-,29-27-. The first kappa shape index (κ1) is 69.6. The average molecular weight is 1010 g/mol. The van der Waals surface area contributed by atoms with Crippen LogP contribution in [0.5, 0.6) is 0 Å². The summed E-state index contributed by atoms with van der Waals surface area (Å²) in [4.78, 5) is 38.2. The van der Waals surface area contributed by atoms with Crippen LogP contribution in [0.25, 0.3) is 0 Å². The normalized spacial score (nSPS) is 12.2. The van der Waals surface area contributed by atoms with Crippen molar-refractivity contribution in [2.75, 3.05) is 13.2 Å². The number of carbonyl (C=O) groups is 3. The molecule has 0 heterocycles. The Kier molecular flexibility index (Phi) is 59.2. The summed E-state index contributed by atoms with van der Waals surface area (Å²) >= 11 is 0. The Bertz CT molecular complexity index is 1210. The fourth-order valence-corrected chi connectivity index (χ4v) is 9.54. The van der Waals surface area contributed by atoms with E-state index in [2.05, 4.69) is 57.2 Å². The summed E-state index contributed by atoms with van der Waals surface area (Å²) in [5.41, 5.74) is 0. The van der Waals surface area contributed by atoms with E-state index in [-0.39, 0.29) is 31.1 Å². The molecule has 0 N–H and O–H groups in total. The lowest BCUT2D eigenvalue weighted by Crippen LogP contribution is -2.30. The second-order valence-electron chi connectivity index (χ2n) is 21.7. The highest BCUT2D eigenvalue weighted by atomic mass is 16.6. The summed E-state index contributed by atoms with van der Waals surface area (Å²) < 4.78 is 16.9. The van der Waals surface area contributed by atoms with Gasteiger partial charge in [0.2, 0.25) is 0 Å². The van der Waals surface area contributed by atoms with Crippen LogP contribution < -0.4 is 0 Å². The Morgan fingerprint density at radius 1 is 0.278 bits per heavy atom. The van der Waals surface area contributed by atoms with Crippen molar-refractivity contribution >= 4 is 17.9 Å². The summed E-state index contributed by atoms with van der Waals surface area (Å²) in [6, 6.07) is 0. The molecule has 0 aromatic heterocycles. The van der Waals surface area contributed by atoms with Gasteiger partial charge in [0, 0.05) is 19.3 Å². The quantitative estimate of drug-likeness (QED) is 0.0261. The smallest absolute Gasteiger partial charge is 0.306 e. The predicted octanol–water partition coefficient (Wildman–Crippen LogP) is 21.6.